The molecule has 4 aromatic rings. The fourth-order valence-electron chi connectivity index (χ4n) is 2.49. The molecule has 0 spiro atoms. The van der Waals surface area contributed by atoms with Crippen molar-refractivity contribution in [2.24, 2.45) is 0 Å². The Morgan fingerprint density at radius 2 is 1.92 bits per heavy atom. The van der Waals surface area contributed by atoms with Crippen molar-refractivity contribution in [2.75, 3.05) is 12.4 Å². The van der Waals surface area contributed by atoms with Gasteiger partial charge in [0.25, 0.3) is 0 Å². The lowest BCUT2D eigenvalue weighted by Crippen LogP contribution is -2.02. The Kier molecular flexibility index (Phi) is 3.95. The predicted molar refractivity (Wildman–Crippen MR) is 99.9 cm³/mol. The van der Waals surface area contributed by atoms with E-state index in [0.717, 1.165) is 16.8 Å². The maximum atomic E-state index is 12.2. The number of nitrogens with zero attached hydrogens (tertiary/aromatic N) is 1. The zero-order valence-electron chi connectivity index (χ0n) is 13.4. The average Bonchev–Trinajstić information content (AvgIpc) is 3.10. The molecular formula is C19H14N2O3S. The standard InChI is InChI=1S/C19H14N2O3S/c1-23-14-8-6-13(7-9-14)20-19-21-16(11-25-19)15-10-12-4-2-3-5-17(12)24-18(15)22/h2-11H,1H3,(H,20,21). The van der Waals surface area contributed by atoms with Crippen LogP contribution >= 0.6 is 11.3 Å². The summed E-state index contributed by atoms with van der Waals surface area (Å²) >= 11 is 1.43. The van der Waals surface area contributed by atoms with Gasteiger partial charge in [-0.2, -0.15) is 0 Å². The number of anilines is 2. The number of fused-ring (bicyclic) bond motifs is 1. The van der Waals surface area contributed by atoms with Gasteiger partial charge >= 0.3 is 5.63 Å². The Bertz CT molecular complexity index is 1080. The summed E-state index contributed by atoms with van der Waals surface area (Å²) in [5.41, 5.74) is 2.13. The van der Waals surface area contributed by atoms with Crippen LogP contribution < -0.4 is 15.7 Å². The molecule has 0 radical (unpaired) electrons. The van der Waals surface area contributed by atoms with Crippen molar-refractivity contribution in [2.45, 2.75) is 0 Å². The van der Waals surface area contributed by atoms with E-state index in [9.17, 15) is 4.79 Å². The van der Waals surface area contributed by atoms with Gasteiger partial charge in [-0.05, 0) is 36.4 Å². The smallest absolute Gasteiger partial charge is 0.345 e. The third-order valence-electron chi connectivity index (χ3n) is 3.76. The first-order valence-corrected chi connectivity index (χ1v) is 8.51. The third kappa shape index (κ3) is 3.12. The van der Waals surface area contributed by atoms with Crippen molar-refractivity contribution in [1.29, 1.82) is 0 Å². The number of hydrogen-bond acceptors (Lipinski definition) is 6. The number of methoxy groups -OCH3 is 1. The van der Waals surface area contributed by atoms with Crippen LogP contribution in [0, 0.1) is 0 Å². The molecule has 0 saturated heterocycles. The van der Waals surface area contributed by atoms with Gasteiger partial charge in [0.05, 0.1) is 18.4 Å². The fourth-order valence-corrected chi connectivity index (χ4v) is 3.22. The van der Waals surface area contributed by atoms with E-state index in [2.05, 4.69) is 10.3 Å². The van der Waals surface area contributed by atoms with E-state index in [4.69, 9.17) is 9.15 Å². The van der Waals surface area contributed by atoms with Gasteiger partial charge in [0, 0.05) is 16.5 Å². The molecule has 0 unspecified atom stereocenters. The highest BCUT2D eigenvalue weighted by atomic mass is 32.1. The summed E-state index contributed by atoms with van der Waals surface area (Å²) in [6.45, 7) is 0. The van der Waals surface area contributed by atoms with Crippen LogP contribution in [-0.2, 0) is 0 Å². The van der Waals surface area contributed by atoms with Gasteiger partial charge < -0.3 is 14.5 Å². The maximum Gasteiger partial charge on any atom is 0.345 e. The van der Waals surface area contributed by atoms with Gasteiger partial charge in [0.15, 0.2) is 5.13 Å². The van der Waals surface area contributed by atoms with E-state index in [1.54, 1.807) is 13.2 Å². The Morgan fingerprint density at radius 1 is 1.12 bits per heavy atom. The maximum absolute atomic E-state index is 12.2. The summed E-state index contributed by atoms with van der Waals surface area (Å²) in [5, 5.41) is 6.63. The average molecular weight is 350 g/mol. The minimum Gasteiger partial charge on any atom is -0.497 e. The lowest BCUT2D eigenvalue weighted by Gasteiger charge is -2.04. The van der Waals surface area contributed by atoms with Crippen molar-refractivity contribution in [3.05, 3.63) is 70.4 Å². The minimum absolute atomic E-state index is 0.389. The van der Waals surface area contributed by atoms with Gasteiger partial charge in [-0.3, -0.25) is 0 Å². The molecule has 0 aliphatic carbocycles. The summed E-state index contributed by atoms with van der Waals surface area (Å²) in [4.78, 5) is 16.7. The molecule has 0 saturated carbocycles. The molecule has 1 N–H and O–H groups in total. The predicted octanol–water partition coefficient (Wildman–Crippen LogP) is 4.67. The number of benzene rings is 2. The van der Waals surface area contributed by atoms with Crippen LogP contribution in [0.1, 0.15) is 0 Å². The number of rotatable bonds is 4. The third-order valence-corrected chi connectivity index (χ3v) is 4.52. The topological polar surface area (TPSA) is 64.4 Å². The van der Waals surface area contributed by atoms with Crippen molar-refractivity contribution < 1.29 is 9.15 Å². The van der Waals surface area contributed by atoms with Crippen LogP contribution in [0.4, 0.5) is 10.8 Å². The molecule has 2 heterocycles. The second kappa shape index (κ2) is 6.41. The van der Waals surface area contributed by atoms with Crippen LogP contribution in [-0.4, -0.2) is 12.1 Å². The monoisotopic (exact) mass is 350 g/mol. The van der Waals surface area contributed by atoms with Crippen molar-refractivity contribution in [3.63, 3.8) is 0 Å². The summed E-state index contributed by atoms with van der Waals surface area (Å²) in [5.74, 6) is 0.791. The first kappa shape index (κ1) is 15.4. The number of hydrogen-bond donors (Lipinski definition) is 1. The van der Waals surface area contributed by atoms with E-state index in [1.807, 2.05) is 53.9 Å². The van der Waals surface area contributed by atoms with Gasteiger partial charge in [-0.15, -0.1) is 11.3 Å². The Morgan fingerprint density at radius 3 is 2.72 bits per heavy atom. The fraction of sp³-hybridized carbons (Fsp3) is 0.0526. The minimum atomic E-state index is -0.389. The van der Waals surface area contributed by atoms with E-state index in [0.29, 0.717) is 22.0 Å². The molecule has 0 atom stereocenters. The molecule has 0 amide bonds. The van der Waals surface area contributed by atoms with Crippen molar-refractivity contribution in [3.8, 4) is 17.0 Å². The van der Waals surface area contributed by atoms with Gasteiger partial charge in [0.1, 0.15) is 11.3 Å². The first-order valence-electron chi connectivity index (χ1n) is 7.63. The summed E-state index contributed by atoms with van der Waals surface area (Å²) in [6.07, 6.45) is 0. The number of aromatic nitrogens is 1. The molecule has 0 aliphatic rings. The van der Waals surface area contributed by atoms with Gasteiger partial charge in [-0.1, -0.05) is 18.2 Å². The number of ether oxygens (including phenoxy) is 1. The summed E-state index contributed by atoms with van der Waals surface area (Å²) < 4.78 is 10.5. The molecule has 2 aromatic heterocycles. The quantitative estimate of drug-likeness (QED) is 0.542. The normalized spacial score (nSPS) is 10.8. The second-order valence-corrected chi connectivity index (χ2v) is 6.23. The Labute approximate surface area is 147 Å². The van der Waals surface area contributed by atoms with E-state index < -0.39 is 0 Å². The van der Waals surface area contributed by atoms with Crippen LogP contribution in [0.2, 0.25) is 0 Å². The largest absolute Gasteiger partial charge is 0.497 e. The molecule has 124 valence electrons. The SMILES string of the molecule is COc1ccc(Nc2nc(-c3cc4ccccc4oc3=O)cs2)cc1. The van der Waals surface area contributed by atoms with Crippen LogP contribution in [0.5, 0.6) is 5.75 Å². The lowest BCUT2D eigenvalue weighted by molar-refractivity contribution is 0.415. The van der Waals surface area contributed by atoms with Gasteiger partial charge in [-0.25, -0.2) is 9.78 Å². The molecule has 6 heteroatoms. The molecule has 25 heavy (non-hydrogen) atoms. The molecule has 4 rings (SSSR count). The van der Waals surface area contributed by atoms with Gasteiger partial charge in [0.2, 0.25) is 0 Å². The van der Waals surface area contributed by atoms with E-state index >= 15 is 0 Å². The Hall–Kier alpha value is -3.12. The lowest BCUT2D eigenvalue weighted by atomic mass is 10.1. The molecule has 0 aliphatic heterocycles. The van der Waals surface area contributed by atoms with Crippen LogP contribution in [0.15, 0.2) is 69.2 Å². The highest BCUT2D eigenvalue weighted by molar-refractivity contribution is 7.14. The summed E-state index contributed by atoms with van der Waals surface area (Å²) in [6, 6.07) is 16.8. The zero-order chi connectivity index (χ0) is 17.2. The molecular weight excluding hydrogens is 336 g/mol. The highest BCUT2D eigenvalue weighted by Gasteiger charge is 2.11. The van der Waals surface area contributed by atoms with Crippen molar-refractivity contribution in [1.82, 2.24) is 4.98 Å². The van der Waals surface area contributed by atoms with E-state index in [1.165, 1.54) is 11.3 Å². The Balaban J connectivity index is 1.64. The zero-order valence-corrected chi connectivity index (χ0v) is 14.2. The van der Waals surface area contributed by atoms with Crippen LogP contribution in [0.3, 0.4) is 0 Å². The summed E-state index contributed by atoms with van der Waals surface area (Å²) in [7, 11) is 1.63. The number of thiazole rings is 1. The van der Waals surface area contributed by atoms with Crippen LogP contribution in [0.25, 0.3) is 22.2 Å². The molecule has 2 aromatic carbocycles. The first-order chi connectivity index (χ1) is 12.2. The van der Waals surface area contributed by atoms with Crippen molar-refractivity contribution >= 4 is 33.1 Å². The van der Waals surface area contributed by atoms with E-state index in [-0.39, 0.29) is 5.63 Å². The number of para-hydroxylation sites is 1. The molecule has 0 fully saturated rings. The number of nitrogens with one attached hydrogen (secondary N) is 1. The highest BCUT2D eigenvalue weighted by Crippen LogP contribution is 2.27. The second-order valence-electron chi connectivity index (χ2n) is 5.38. The molecule has 5 nitrogen and oxygen atoms in total. The molecule has 0 bridgehead atoms.